The molecule has 9 heteroatoms. The Balaban J connectivity index is 1.59. The van der Waals surface area contributed by atoms with Gasteiger partial charge < -0.3 is 5.32 Å². The SMILES string of the molecule is CCS(=O)(=O)Nc1ccc2sc(C(=O)Nc3cc(Cl)cc(C(C)(C)c4ccc(Cl)cc4)c3)cc2c1. The molecular formula is C26H24Cl2N2O3S2. The molecule has 0 radical (unpaired) electrons. The van der Waals surface area contributed by atoms with E-state index in [0.29, 0.717) is 26.3 Å². The molecule has 35 heavy (non-hydrogen) atoms. The molecular weight excluding hydrogens is 523 g/mol. The molecule has 0 saturated carbocycles. The number of halogens is 2. The van der Waals surface area contributed by atoms with Crippen molar-refractivity contribution in [2.24, 2.45) is 0 Å². The predicted molar refractivity (Wildman–Crippen MR) is 148 cm³/mol. The van der Waals surface area contributed by atoms with E-state index in [0.717, 1.165) is 21.2 Å². The normalized spacial score (nSPS) is 12.0. The highest BCUT2D eigenvalue weighted by molar-refractivity contribution is 7.92. The van der Waals surface area contributed by atoms with E-state index in [-0.39, 0.29) is 17.1 Å². The minimum absolute atomic E-state index is 0.0151. The summed E-state index contributed by atoms with van der Waals surface area (Å²) < 4.78 is 27.1. The first-order chi connectivity index (χ1) is 16.5. The first-order valence-electron chi connectivity index (χ1n) is 10.9. The standard InChI is InChI=1S/C26H24Cl2N2O3S2/c1-4-35(32,33)30-21-9-10-23-16(11-21)12-24(34-23)25(31)29-22-14-18(13-20(28)15-22)26(2,3)17-5-7-19(27)8-6-17/h5-15,30H,4H2,1-3H3,(H,29,31). The smallest absolute Gasteiger partial charge is 0.265 e. The van der Waals surface area contributed by atoms with E-state index >= 15 is 0 Å². The van der Waals surface area contributed by atoms with Gasteiger partial charge in [0, 0.05) is 31.5 Å². The third kappa shape index (κ3) is 5.81. The highest BCUT2D eigenvalue weighted by Gasteiger charge is 2.24. The molecule has 5 nitrogen and oxygen atoms in total. The molecule has 1 aromatic heterocycles. The van der Waals surface area contributed by atoms with Crippen molar-refractivity contribution in [2.45, 2.75) is 26.2 Å². The van der Waals surface area contributed by atoms with Crippen LogP contribution in [0.15, 0.2) is 66.7 Å². The van der Waals surface area contributed by atoms with E-state index in [2.05, 4.69) is 23.9 Å². The number of fused-ring (bicyclic) bond motifs is 1. The average molecular weight is 548 g/mol. The summed E-state index contributed by atoms with van der Waals surface area (Å²) >= 11 is 13.8. The van der Waals surface area contributed by atoms with Crippen molar-refractivity contribution < 1.29 is 13.2 Å². The number of nitrogens with one attached hydrogen (secondary N) is 2. The quantitative estimate of drug-likeness (QED) is 0.251. The van der Waals surface area contributed by atoms with Gasteiger partial charge in [-0.2, -0.15) is 0 Å². The molecule has 182 valence electrons. The van der Waals surface area contributed by atoms with Crippen LogP contribution in [0.5, 0.6) is 0 Å². The zero-order valence-corrected chi connectivity index (χ0v) is 22.5. The summed E-state index contributed by atoms with van der Waals surface area (Å²) in [4.78, 5) is 13.6. The summed E-state index contributed by atoms with van der Waals surface area (Å²) in [6.07, 6.45) is 0. The van der Waals surface area contributed by atoms with Crippen molar-refractivity contribution in [3.63, 3.8) is 0 Å². The van der Waals surface area contributed by atoms with Crippen LogP contribution in [-0.2, 0) is 15.4 Å². The molecule has 1 heterocycles. The van der Waals surface area contributed by atoms with Crippen LogP contribution in [0.25, 0.3) is 10.1 Å². The molecule has 4 rings (SSSR count). The molecule has 0 fully saturated rings. The number of hydrogen-bond donors (Lipinski definition) is 2. The van der Waals surface area contributed by atoms with Crippen LogP contribution in [0.2, 0.25) is 10.0 Å². The summed E-state index contributed by atoms with van der Waals surface area (Å²) in [6.45, 7) is 5.75. The van der Waals surface area contributed by atoms with Crippen molar-refractivity contribution in [2.75, 3.05) is 15.8 Å². The van der Waals surface area contributed by atoms with E-state index in [1.807, 2.05) is 36.4 Å². The molecule has 2 N–H and O–H groups in total. The number of amides is 1. The second-order valence-electron chi connectivity index (χ2n) is 8.68. The number of thiophene rings is 1. The van der Waals surface area contributed by atoms with E-state index in [9.17, 15) is 13.2 Å². The Kier molecular flexibility index (Phi) is 7.16. The van der Waals surface area contributed by atoms with Gasteiger partial charge in [-0.15, -0.1) is 11.3 Å². The topological polar surface area (TPSA) is 75.3 Å². The molecule has 0 unspecified atom stereocenters. The Labute approximate surface area is 219 Å². The largest absolute Gasteiger partial charge is 0.321 e. The summed E-state index contributed by atoms with van der Waals surface area (Å²) in [6, 6.07) is 20.2. The van der Waals surface area contributed by atoms with Crippen LogP contribution in [-0.4, -0.2) is 20.1 Å². The summed E-state index contributed by atoms with van der Waals surface area (Å²) in [7, 11) is -3.38. The lowest BCUT2D eigenvalue weighted by Gasteiger charge is -2.27. The van der Waals surface area contributed by atoms with Gasteiger partial charge in [0.2, 0.25) is 10.0 Å². The molecule has 0 spiro atoms. The number of carbonyl (C=O) groups excluding carboxylic acids is 1. The Morgan fingerprint density at radius 2 is 1.60 bits per heavy atom. The number of benzene rings is 3. The van der Waals surface area contributed by atoms with Crippen molar-refractivity contribution in [1.29, 1.82) is 0 Å². The lowest BCUT2D eigenvalue weighted by Crippen LogP contribution is -2.19. The second-order valence-corrected chi connectivity index (χ2v) is 12.7. The molecule has 0 aliphatic rings. The summed E-state index contributed by atoms with van der Waals surface area (Å²) in [5.41, 5.74) is 2.71. The summed E-state index contributed by atoms with van der Waals surface area (Å²) in [5, 5.41) is 4.92. The summed E-state index contributed by atoms with van der Waals surface area (Å²) in [5.74, 6) is -0.280. The van der Waals surface area contributed by atoms with Gasteiger partial charge in [-0.05, 0) is 78.0 Å². The fourth-order valence-corrected chi connectivity index (χ4v) is 5.65. The molecule has 4 aromatic rings. The molecule has 1 amide bonds. The minimum atomic E-state index is -3.38. The monoisotopic (exact) mass is 546 g/mol. The van der Waals surface area contributed by atoms with E-state index in [1.54, 1.807) is 37.3 Å². The molecule has 0 aliphatic heterocycles. The van der Waals surface area contributed by atoms with Crippen LogP contribution in [0.3, 0.4) is 0 Å². The van der Waals surface area contributed by atoms with Gasteiger partial charge in [-0.1, -0.05) is 49.2 Å². The van der Waals surface area contributed by atoms with Crippen LogP contribution in [0.1, 0.15) is 41.6 Å². The minimum Gasteiger partial charge on any atom is -0.321 e. The molecule has 0 saturated heterocycles. The third-order valence-electron chi connectivity index (χ3n) is 5.84. The molecule has 3 aromatic carbocycles. The number of carbonyl (C=O) groups is 1. The van der Waals surface area contributed by atoms with Crippen molar-refractivity contribution >= 4 is 71.9 Å². The van der Waals surface area contributed by atoms with Gasteiger partial charge in [-0.3, -0.25) is 9.52 Å². The predicted octanol–water partition coefficient (Wildman–Crippen LogP) is 7.55. The fourth-order valence-electron chi connectivity index (χ4n) is 3.72. The first-order valence-corrected chi connectivity index (χ1v) is 14.1. The van der Waals surface area contributed by atoms with E-state index < -0.39 is 10.0 Å². The van der Waals surface area contributed by atoms with Gasteiger partial charge in [0.25, 0.3) is 5.91 Å². The Morgan fingerprint density at radius 3 is 2.29 bits per heavy atom. The van der Waals surface area contributed by atoms with Gasteiger partial charge >= 0.3 is 0 Å². The second kappa shape index (κ2) is 9.82. The number of hydrogen-bond acceptors (Lipinski definition) is 4. The zero-order chi connectivity index (χ0) is 25.4. The van der Waals surface area contributed by atoms with Crippen molar-refractivity contribution in [3.8, 4) is 0 Å². The van der Waals surface area contributed by atoms with E-state index in [1.165, 1.54) is 11.3 Å². The highest BCUT2D eigenvalue weighted by Crippen LogP contribution is 2.36. The first kappa shape index (κ1) is 25.5. The van der Waals surface area contributed by atoms with E-state index in [4.69, 9.17) is 23.2 Å². The average Bonchev–Trinajstić information content (AvgIpc) is 3.22. The Bertz CT molecular complexity index is 1510. The third-order valence-corrected chi connectivity index (χ3v) is 8.73. The number of rotatable bonds is 7. The number of sulfonamides is 1. The van der Waals surface area contributed by atoms with Crippen molar-refractivity contribution in [3.05, 3.63) is 92.8 Å². The molecule has 0 atom stereocenters. The van der Waals surface area contributed by atoms with Gasteiger partial charge in [0.1, 0.15) is 0 Å². The van der Waals surface area contributed by atoms with Crippen LogP contribution >= 0.6 is 34.5 Å². The lowest BCUT2D eigenvalue weighted by molar-refractivity contribution is 0.103. The van der Waals surface area contributed by atoms with Gasteiger partial charge in [-0.25, -0.2) is 8.42 Å². The Hall–Kier alpha value is -2.58. The highest BCUT2D eigenvalue weighted by atomic mass is 35.5. The molecule has 0 aliphatic carbocycles. The van der Waals surface area contributed by atoms with Gasteiger partial charge in [0.05, 0.1) is 10.6 Å². The molecule has 0 bridgehead atoms. The zero-order valence-electron chi connectivity index (χ0n) is 19.4. The van der Waals surface area contributed by atoms with Crippen LogP contribution < -0.4 is 10.0 Å². The maximum atomic E-state index is 13.1. The van der Waals surface area contributed by atoms with Crippen LogP contribution in [0.4, 0.5) is 11.4 Å². The Morgan fingerprint density at radius 1 is 0.886 bits per heavy atom. The van der Waals surface area contributed by atoms with Crippen LogP contribution in [0, 0.1) is 0 Å². The lowest BCUT2D eigenvalue weighted by atomic mass is 9.78. The maximum absolute atomic E-state index is 13.1. The maximum Gasteiger partial charge on any atom is 0.265 e. The fraction of sp³-hybridized carbons (Fsp3) is 0.192. The van der Waals surface area contributed by atoms with Crippen molar-refractivity contribution in [1.82, 2.24) is 0 Å². The number of anilines is 2. The van der Waals surface area contributed by atoms with Gasteiger partial charge in [0.15, 0.2) is 0 Å².